The van der Waals surface area contributed by atoms with Gasteiger partial charge in [-0.2, -0.15) is 0 Å². The molecule has 4 rings (SSSR count). The maximum Gasteiger partial charge on any atom is 0.231 e. The van der Waals surface area contributed by atoms with E-state index in [4.69, 9.17) is 18.9 Å². The second-order valence-corrected chi connectivity index (χ2v) is 13.3. The second kappa shape index (κ2) is 14.2. The van der Waals surface area contributed by atoms with Gasteiger partial charge >= 0.3 is 0 Å². The van der Waals surface area contributed by atoms with Crippen molar-refractivity contribution < 1.29 is 42.3 Å². The second-order valence-electron chi connectivity index (χ2n) is 9.44. The van der Waals surface area contributed by atoms with E-state index in [1.807, 2.05) is 12.1 Å². The van der Waals surface area contributed by atoms with E-state index in [0.29, 0.717) is 35.8 Å². The molecule has 2 aliphatic rings. The van der Waals surface area contributed by atoms with Crippen molar-refractivity contribution in [1.82, 2.24) is 0 Å². The lowest BCUT2D eigenvalue weighted by Crippen LogP contribution is -2.30. The first-order valence-corrected chi connectivity index (χ1v) is 16.1. The summed E-state index contributed by atoms with van der Waals surface area (Å²) in [4.78, 5) is 49.6. The minimum atomic E-state index is -1.74. The van der Waals surface area contributed by atoms with E-state index < -0.39 is 22.6 Å². The highest BCUT2D eigenvalue weighted by atomic mass is 32.2. The zero-order valence-corrected chi connectivity index (χ0v) is 24.6. The Morgan fingerprint density at radius 1 is 0.700 bits per heavy atom. The Labute approximate surface area is 243 Å². The number of hydrogen-bond acceptors (Lipinski definition) is 11. The van der Waals surface area contributed by atoms with Gasteiger partial charge < -0.3 is 18.9 Å². The largest absolute Gasteiger partial charge is 0.454 e. The molecular formula is C28H30O9S3. The molecule has 214 valence electrons. The van der Waals surface area contributed by atoms with Crippen molar-refractivity contribution in [3.63, 3.8) is 0 Å². The molecule has 0 aliphatic carbocycles. The van der Waals surface area contributed by atoms with Crippen molar-refractivity contribution in [2.24, 2.45) is 11.8 Å². The predicted octanol–water partition coefficient (Wildman–Crippen LogP) is 3.61. The average Bonchev–Trinajstić information content (AvgIpc) is 3.57. The smallest absolute Gasteiger partial charge is 0.231 e. The van der Waals surface area contributed by atoms with Gasteiger partial charge in [0.25, 0.3) is 0 Å². The molecule has 0 radical (unpaired) electrons. The van der Waals surface area contributed by atoms with Crippen LogP contribution < -0.4 is 18.9 Å². The molecule has 0 amide bonds. The van der Waals surface area contributed by atoms with E-state index in [1.165, 1.54) is 13.8 Å². The van der Waals surface area contributed by atoms with Gasteiger partial charge in [0.2, 0.25) is 13.6 Å². The molecule has 0 bridgehead atoms. The van der Waals surface area contributed by atoms with E-state index in [0.717, 1.165) is 34.7 Å². The standard InChI is InChI=1S/C28H30O9S3/c1-17(29)38-11-21(7-19-3-5-25-27(9-19)36-15-34-25)23(31)13-40(33)14-24(32)22(12-39-18(2)30)8-20-4-6-26-28(10-20)37-16-35-26/h3-6,9-10,21-22H,7-8,11-16H2,1-2H3. The molecule has 2 aromatic rings. The van der Waals surface area contributed by atoms with Crippen LogP contribution >= 0.6 is 23.5 Å². The summed E-state index contributed by atoms with van der Waals surface area (Å²) in [6.07, 6.45) is 0.672. The monoisotopic (exact) mass is 606 g/mol. The van der Waals surface area contributed by atoms with Crippen LogP contribution in [0.2, 0.25) is 0 Å². The minimum Gasteiger partial charge on any atom is -0.454 e. The molecule has 40 heavy (non-hydrogen) atoms. The Bertz CT molecular complexity index is 1210. The van der Waals surface area contributed by atoms with Crippen LogP contribution in [0.15, 0.2) is 36.4 Å². The van der Waals surface area contributed by atoms with Crippen LogP contribution in [0.3, 0.4) is 0 Å². The minimum absolute atomic E-state index is 0.117. The van der Waals surface area contributed by atoms with Gasteiger partial charge in [-0.3, -0.25) is 23.4 Å². The molecule has 0 aromatic heterocycles. The first-order valence-electron chi connectivity index (χ1n) is 12.6. The van der Waals surface area contributed by atoms with Crippen molar-refractivity contribution >= 4 is 56.1 Å². The third-order valence-electron chi connectivity index (χ3n) is 6.33. The van der Waals surface area contributed by atoms with Crippen LogP contribution in [0.5, 0.6) is 23.0 Å². The highest BCUT2D eigenvalue weighted by Gasteiger charge is 2.27. The molecule has 0 fully saturated rings. The summed E-state index contributed by atoms with van der Waals surface area (Å²) in [5.41, 5.74) is 1.66. The van der Waals surface area contributed by atoms with Crippen molar-refractivity contribution in [3.8, 4) is 23.0 Å². The Balaban J connectivity index is 1.39. The molecular weight excluding hydrogens is 577 g/mol. The van der Waals surface area contributed by atoms with Crippen molar-refractivity contribution in [2.45, 2.75) is 26.7 Å². The lowest BCUT2D eigenvalue weighted by Gasteiger charge is -2.17. The fourth-order valence-electron chi connectivity index (χ4n) is 4.28. The van der Waals surface area contributed by atoms with Gasteiger partial charge in [0, 0.05) is 48.0 Å². The summed E-state index contributed by atoms with van der Waals surface area (Å²) in [6.45, 7) is 3.13. The Hall–Kier alpha value is -2.83. The summed E-state index contributed by atoms with van der Waals surface area (Å²) in [7, 11) is -1.74. The summed E-state index contributed by atoms with van der Waals surface area (Å²) >= 11 is 2.08. The van der Waals surface area contributed by atoms with Crippen LogP contribution in [0.4, 0.5) is 0 Å². The number of ether oxygens (including phenoxy) is 4. The Morgan fingerprint density at radius 3 is 1.50 bits per heavy atom. The first-order chi connectivity index (χ1) is 19.2. The Kier molecular flexibility index (Phi) is 10.7. The number of carbonyl (C=O) groups excluding carboxylic acids is 4. The van der Waals surface area contributed by atoms with Gasteiger partial charge in [0.15, 0.2) is 33.2 Å². The summed E-state index contributed by atoms with van der Waals surface area (Å²) in [5.74, 6) is 0.661. The number of benzene rings is 2. The third kappa shape index (κ3) is 8.58. The van der Waals surface area contributed by atoms with E-state index in [9.17, 15) is 23.4 Å². The van der Waals surface area contributed by atoms with Gasteiger partial charge in [-0.1, -0.05) is 35.7 Å². The van der Waals surface area contributed by atoms with Crippen LogP contribution in [0.1, 0.15) is 25.0 Å². The summed E-state index contributed by atoms with van der Waals surface area (Å²) < 4.78 is 34.5. The van der Waals surface area contributed by atoms with Gasteiger partial charge in [-0.15, -0.1) is 0 Å². The maximum atomic E-state index is 13.2. The van der Waals surface area contributed by atoms with Gasteiger partial charge in [-0.05, 0) is 48.2 Å². The maximum absolute atomic E-state index is 13.2. The zero-order valence-electron chi connectivity index (χ0n) is 22.2. The molecule has 0 spiro atoms. The quantitative estimate of drug-likeness (QED) is 0.313. The van der Waals surface area contributed by atoms with E-state index in [2.05, 4.69) is 0 Å². The number of rotatable bonds is 14. The predicted molar refractivity (Wildman–Crippen MR) is 154 cm³/mol. The lowest BCUT2D eigenvalue weighted by atomic mass is 9.97. The number of Topliss-reactive ketones (excluding diaryl/α,β-unsaturated/α-hetero) is 2. The third-order valence-corrected chi connectivity index (χ3v) is 9.50. The normalized spacial score (nSPS) is 15.3. The molecule has 0 N–H and O–H groups in total. The SMILES string of the molecule is CC(=O)SCC(Cc1ccc2c(c1)OCO2)C(=O)CS(=O)CC(=O)C(CSC(C)=O)Cc1ccc2c(c1)OCO2. The van der Waals surface area contributed by atoms with Crippen LogP contribution in [0.25, 0.3) is 0 Å². The van der Waals surface area contributed by atoms with Gasteiger partial charge in [0.05, 0.1) is 11.5 Å². The fraction of sp³-hybridized carbons (Fsp3) is 0.429. The summed E-state index contributed by atoms with van der Waals surface area (Å²) in [5, 5.41) is -0.233. The number of ketones is 2. The van der Waals surface area contributed by atoms with Crippen LogP contribution in [-0.2, 0) is 42.8 Å². The highest BCUT2D eigenvalue weighted by molar-refractivity contribution is 8.13. The molecule has 2 aliphatic heterocycles. The topological polar surface area (TPSA) is 122 Å². The molecule has 2 heterocycles. The van der Waals surface area contributed by atoms with Gasteiger partial charge in [0.1, 0.15) is 11.6 Å². The van der Waals surface area contributed by atoms with Gasteiger partial charge in [-0.25, -0.2) is 0 Å². The highest BCUT2D eigenvalue weighted by Crippen LogP contribution is 2.34. The van der Waals surface area contributed by atoms with E-state index in [-0.39, 0.29) is 58.4 Å². The fourth-order valence-corrected chi connectivity index (χ4v) is 6.96. The van der Waals surface area contributed by atoms with Crippen LogP contribution in [-0.4, -0.2) is 62.6 Å². The number of thioether (sulfide) groups is 2. The molecule has 2 atom stereocenters. The molecule has 12 heteroatoms. The molecule has 9 nitrogen and oxygen atoms in total. The Morgan fingerprint density at radius 2 is 1.10 bits per heavy atom. The average molecular weight is 607 g/mol. The van der Waals surface area contributed by atoms with Crippen molar-refractivity contribution in [3.05, 3.63) is 47.5 Å². The number of hydrogen-bond donors (Lipinski definition) is 0. The molecule has 2 unspecified atom stereocenters. The van der Waals surface area contributed by atoms with Crippen molar-refractivity contribution in [2.75, 3.05) is 36.6 Å². The summed E-state index contributed by atoms with van der Waals surface area (Å²) in [6, 6.07) is 10.8. The van der Waals surface area contributed by atoms with E-state index in [1.54, 1.807) is 24.3 Å². The molecule has 2 aromatic carbocycles. The number of fused-ring (bicyclic) bond motifs is 2. The first kappa shape index (κ1) is 30.1. The van der Waals surface area contributed by atoms with Crippen LogP contribution in [0, 0.1) is 11.8 Å². The lowest BCUT2D eigenvalue weighted by molar-refractivity contribution is -0.120. The zero-order chi connectivity index (χ0) is 28.6. The van der Waals surface area contributed by atoms with E-state index >= 15 is 0 Å². The molecule has 0 saturated carbocycles. The molecule has 0 saturated heterocycles. The van der Waals surface area contributed by atoms with Crippen molar-refractivity contribution in [1.29, 1.82) is 0 Å². The number of carbonyl (C=O) groups is 4.